The zero-order valence-corrected chi connectivity index (χ0v) is 17.9. The lowest BCUT2D eigenvalue weighted by molar-refractivity contribution is -0.142. The van der Waals surface area contributed by atoms with E-state index in [1.54, 1.807) is 24.3 Å². The molecule has 31 heavy (non-hydrogen) atoms. The molecule has 0 radical (unpaired) electrons. The summed E-state index contributed by atoms with van der Waals surface area (Å²) in [6.07, 6.45) is 0.432. The maximum Gasteiger partial charge on any atom is 0.343 e. The molecular weight excluding hydrogens is 449 g/mol. The van der Waals surface area contributed by atoms with Crippen LogP contribution in [0.15, 0.2) is 48.5 Å². The van der Waals surface area contributed by atoms with E-state index in [9.17, 15) is 18.7 Å². The maximum atomic E-state index is 14.0. The van der Waals surface area contributed by atoms with Crippen LogP contribution in [0.5, 0.6) is 11.5 Å². The molecule has 8 heteroatoms. The average molecular weight is 467 g/mol. The van der Waals surface area contributed by atoms with Gasteiger partial charge in [0.05, 0.1) is 7.11 Å². The summed E-state index contributed by atoms with van der Waals surface area (Å²) in [5, 5.41) is 10.9. The lowest BCUT2D eigenvalue weighted by atomic mass is 9.98. The van der Waals surface area contributed by atoms with Gasteiger partial charge in [-0.1, -0.05) is 41.4 Å². The van der Waals surface area contributed by atoms with Crippen molar-refractivity contribution in [2.45, 2.75) is 12.8 Å². The number of hydrogen-bond donors (Lipinski definition) is 1. The summed E-state index contributed by atoms with van der Waals surface area (Å²) in [4.78, 5) is 11.2. The summed E-state index contributed by atoms with van der Waals surface area (Å²) >= 11 is 12.7. The standard InChI is InChI=1S/C23H18Cl2F2O4/c1-30-23(29)12-31-17-10-19(24)18(20(25)11-17)7-13-2-5-22(28)15(6-13)8-14-3-4-16(26)9-21(14)27/h2-6,9-11,28H,7-8,12H2,1H3. The predicted octanol–water partition coefficient (Wildman–Crippen LogP) is 5.71. The number of halogens is 4. The van der Waals surface area contributed by atoms with Crippen molar-refractivity contribution in [3.8, 4) is 11.5 Å². The molecule has 3 aromatic carbocycles. The molecule has 1 N–H and O–H groups in total. The van der Waals surface area contributed by atoms with Gasteiger partial charge in [-0.15, -0.1) is 0 Å². The first kappa shape index (κ1) is 22.8. The number of rotatable bonds is 7. The van der Waals surface area contributed by atoms with Gasteiger partial charge in [-0.05, 0) is 46.5 Å². The van der Waals surface area contributed by atoms with Crippen LogP contribution in [0.2, 0.25) is 10.0 Å². The second-order valence-corrected chi connectivity index (χ2v) is 7.60. The lowest BCUT2D eigenvalue weighted by Gasteiger charge is -2.13. The number of aromatic hydroxyl groups is 1. The SMILES string of the molecule is COC(=O)COc1cc(Cl)c(Cc2ccc(O)c(Cc3ccc(F)cc3F)c2)c(Cl)c1. The molecule has 0 amide bonds. The van der Waals surface area contributed by atoms with Gasteiger partial charge in [0.25, 0.3) is 0 Å². The van der Waals surface area contributed by atoms with Crippen LogP contribution in [-0.2, 0) is 22.4 Å². The Bertz CT molecular complexity index is 1100. The number of esters is 1. The third-order valence-corrected chi connectivity index (χ3v) is 5.29. The smallest absolute Gasteiger partial charge is 0.343 e. The Labute approximate surface area is 187 Å². The average Bonchev–Trinajstić information content (AvgIpc) is 2.73. The molecule has 0 saturated heterocycles. The monoisotopic (exact) mass is 466 g/mol. The first-order valence-electron chi connectivity index (χ1n) is 9.19. The quantitative estimate of drug-likeness (QED) is 0.453. The summed E-state index contributed by atoms with van der Waals surface area (Å²) in [6, 6.07) is 11.3. The van der Waals surface area contributed by atoms with Crippen LogP contribution in [0.25, 0.3) is 0 Å². The zero-order valence-electron chi connectivity index (χ0n) is 16.4. The summed E-state index contributed by atoms with van der Waals surface area (Å²) < 4.78 is 37.0. The molecule has 0 fully saturated rings. The van der Waals surface area contributed by atoms with Crippen LogP contribution in [0, 0.1) is 11.6 Å². The Kier molecular flexibility index (Phi) is 7.36. The van der Waals surface area contributed by atoms with Gasteiger partial charge < -0.3 is 14.6 Å². The molecule has 3 aromatic rings. The zero-order chi connectivity index (χ0) is 22.5. The van der Waals surface area contributed by atoms with E-state index in [-0.39, 0.29) is 24.3 Å². The van der Waals surface area contributed by atoms with E-state index in [4.69, 9.17) is 27.9 Å². The molecule has 0 heterocycles. The topological polar surface area (TPSA) is 55.8 Å². The molecule has 0 aliphatic rings. The van der Waals surface area contributed by atoms with Gasteiger partial charge in [-0.25, -0.2) is 13.6 Å². The molecule has 0 aliphatic carbocycles. The highest BCUT2D eigenvalue weighted by Gasteiger charge is 2.14. The van der Waals surface area contributed by atoms with Crippen molar-refractivity contribution in [2.75, 3.05) is 13.7 Å². The Balaban J connectivity index is 1.81. The number of methoxy groups -OCH3 is 1. The van der Waals surface area contributed by atoms with Crippen molar-refractivity contribution in [2.24, 2.45) is 0 Å². The summed E-state index contributed by atoms with van der Waals surface area (Å²) in [7, 11) is 1.26. The maximum absolute atomic E-state index is 14.0. The van der Waals surface area contributed by atoms with Gasteiger partial charge in [0.15, 0.2) is 6.61 Å². The number of ether oxygens (including phenoxy) is 2. The van der Waals surface area contributed by atoms with Gasteiger partial charge in [0.1, 0.15) is 23.1 Å². The van der Waals surface area contributed by atoms with Crippen molar-refractivity contribution in [3.63, 3.8) is 0 Å². The molecule has 3 rings (SSSR count). The van der Waals surface area contributed by atoms with E-state index in [0.29, 0.717) is 33.3 Å². The molecule has 4 nitrogen and oxygen atoms in total. The fraction of sp³-hybridized carbons (Fsp3) is 0.174. The first-order chi connectivity index (χ1) is 14.8. The summed E-state index contributed by atoms with van der Waals surface area (Å²) in [5.41, 5.74) is 2.14. The van der Waals surface area contributed by atoms with Crippen molar-refractivity contribution in [3.05, 3.63) is 92.5 Å². The van der Waals surface area contributed by atoms with Gasteiger partial charge in [0.2, 0.25) is 0 Å². The van der Waals surface area contributed by atoms with Crippen molar-refractivity contribution in [1.82, 2.24) is 0 Å². The highest BCUT2D eigenvalue weighted by atomic mass is 35.5. The van der Waals surface area contributed by atoms with Gasteiger partial charge in [0, 0.05) is 29.0 Å². The minimum atomic E-state index is -0.682. The fourth-order valence-corrected chi connectivity index (χ4v) is 3.60. The molecule has 0 spiro atoms. The van der Waals surface area contributed by atoms with E-state index < -0.39 is 17.6 Å². The molecule has 0 atom stereocenters. The molecule has 0 saturated carbocycles. The van der Waals surface area contributed by atoms with E-state index in [2.05, 4.69) is 4.74 Å². The molecular formula is C23H18Cl2F2O4. The van der Waals surface area contributed by atoms with Crippen molar-refractivity contribution < 1.29 is 28.2 Å². The Morgan fingerprint density at radius 2 is 1.68 bits per heavy atom. The van der Waals surface area contributed by atoms with E-state index in [1.807, 2.05) is 0 Å². The van der Waals surface area contributed by atoms with Crippen LogP contribution >= 0.6 is 23.2 Å². The van der Waals surface area contributed by atoms with Crippen LogP contribution in [-0.4, -0.2) is 24.8 Å². The Morgan fingerprint density at radius 3 is 2.32 bits per heavy atom. The second-order valence-electron chi connectivity index (χ2n) is 6.78. The van der Waals surface area contributed by atoms with Crippen molar-refractivity contribution >= 4 is 29.2 Å². The van der Waals surface area contributed by atoms with Gasteiger partial charge >= 0.3 is 5.97 Å². The third-order valence-electron chi connectivity index (χ3n) is 4.62. The highest BCUT2D eigenvalue weighted by molar-refractivity contribution is 6.36. The van der Waals surface area contributed by atoms with Gasteiger partial charge in [-0.2, -0.15) is 0 Å². The lowest BCUT2D eigenvalue weighted by Crippen LogP contribution is -2.12. The number of phenolic OH excluding ortho intramolecular Hbond substituents is 1. The van der Waals surface area contributed by atoms with E-state index in [0.717, 1.165) is 11.6 Å². The normalized spacial score (nSPS) is 10.7. The number of carbonyl (C=O) groups is 1. The second kappa shape index (κ2) is 9.98. The summed E-state index contributed by atoms with van der Waals surface area (Å²) in [5.74, 6) is -1.56. The highest BCUT2D eigenvalue weighted by Crippen LogP contribution is 2.33. The predicted molar refractivity (Wildman–Crippen MR) is 114 cm³/mol. The number of benzene rings is 3. The molecule has 0 aliphatic heterocycles. The minimum absolute atomic E-state index is 0.00349. The largest absolute Gasteiger partial charge is 0.508 e. The third kappa shape index (κ3) is 5.87. The van der Waals surface area contributed by atoms with E-state index in [1.165, 1.54) is 25.3 Å². The van der Waals surface area contributed by atoms with Crippen LogP contribution in [0.3, 0.4) is 0 Å². The molecule has 0 bridgehead atoms. The van der Waals surface area contributed by atoms with Crippen LogP contribution in [0.4, 0.5) is 8.78 Å². The number of phenols is 1. The van der Waals surface area contributed by atoms with Crippen LogP contribution < -0.4 is 4.74 Å². The molecule has 162 valence electrons. The number of hydrogen-bond acceptors (Lipinski definition) is 4. The summed E-state index contributed by atoms with van der Waals surface area (Å²) in [6.45, 7) is -0.274. The fourth-order valence-electron chi connectivity index (χ4n) is 3.00. The molecule has 0 aromatic heterocycles. The Hall–Kier alpha value is -2.83. The van der Waals surface area contributed by atoms with E-state index >= 15 is 0 Å². The van der Waals surface area contributed by atoms with Crippen molar-refractivity contribution in [1.29, 1.82) is 0 Å². The number of carbonyl (C=O) groups excluding carboxylic acids is 1. The van der Waals surface area contributed by atoms with Gasteiger partial charge in [-0.3, -0.25) is 0 Å². The Morgan fingerprint density at radius 1 is 0.968 bits per heavy atom. The molecule has 0 unspecified atom stereocenters. The first-order valence-corrected chi connectivity index (χ1v) is 9.94. The minimum Gasteiger partial charge on any atom is -0.508 e. The van der Waals surface area contributed by atoms with Crippen LogP contribution in [0.1, 0.15) is 22.3 Å².